The Labute approximate surface area is 125 Å². The van der Waals surface area contributed by atoms with Gasteiger partial charge in [0.05, 0.1) is 0 Å². The molecule has 1 aliphatic rings. The number of fused-ring (bicyclic) bond motifs is 1. The molecule has 0 spiro atoms. The molecule has 2 aromatic rings. The van der Waals surface area contributed by atoms with Crippen molar-refractivity contribution in [2.24, 2.45) is 0 Å². The van der Waals surface area contributed by atoms with E-state index in [9.17, 15) is 8.42 Å². The van der Waals surface area contributed by atoms with Crippen LogP contribution in [0.5, 0.6) is 11.5 Å². The van der Waals surface area contributed by atoms with Crippen LogP contribution < -0.4 is 14.2 Å². The lowest BCUT2D eigenvalue weighted by Gasteiger charge is -2.05. The first kappa shape index (κ1) is 13.9. The maximum Gasteiger partial charge on any atom is 0.250 e. The predicted molar refractivity (Wildman–Crippen MR) is 75.6 cm³/mol. The fraction of sp³-hybridized carbons (Fsp3) is 0.154. The summed E-state index contributed by atoms with van der Waals surface area (Å²) in [4.78, 5) is 0.360. The highest BCUT2D eigenvalue weighted by Crippen LogP contribution is 2.32. The van der Waals surface area contributed by atoms with Crippen LogP contribution in [0.3, 0.4) is 0 Å². The number of nitriles is 1. The molecule has 3 rings (SSSR count). The van der Waals surface area contributed by atoms with Crippen LogP contribution in [0.4, 0.5) is 0 Å². The second kappa shape index (κ2) is 5.37. The fourth-order valence-corrected chi connectivity index (χ4v) is 3.99. The van der Waals surface area contributed by atoms with Crippen LogP contribution in [-0.4, -0.2) is 15.2 Å². The first-order valence-corrected chi connectivity index (χ1v) is 8.26. The van der Waals surface area contributed by atoms with Crippen molar-refractivity contribution in [3.8, 4) is 17.6 Å². The van der Waals surface area contributed by atoms with Gasteiger partial charge in [-0.15, -0.1) is 11.3 Å². The summed E-state index contributed by atoms with van der Waals surface area (Å²) in [6.45, 7) is 0.315. The summed E-state index contributed by atoms with van der Waals surface area (Å²) in [6, 6.07) is 10.1. The van der Waals surface area contributed by atoms with Crippen LogP contribution >= 0.6 is 11.3 Å². The first-order chi connectivity index (χ1) is 10.1. The van der Waals surface area contributed by atoms with Gasteiger partial charge < -0.3 is 9.47 Å². The van der Waals surface area contributed by atoms with Crippen LogP contribution in [0.25, 0.3) is 0 Å². The van der Waals surface area contributed by atoms with Crippen LogP contribution in [0.15, 0.2) is 34.5 Å². The third-order valence-corrected chi connectivity index (χ3v) is 5.74. The molecule has 21 heavy (non-hydrogen) atoms. The minimum Gasteiger partial charge on any atom is -0.454 e. The molecule has 0 aliphatic carbocycles. The van der Waals surface area contributed by atoms with Crippen molar-refractivity contribution in [1.82, 2.24) is 4.72 Å². The van der Waals surface area contributed by atoms with Gasteiger partial charge in [-0.1, -0.05) is 6.07 Å². The summed E-state index contributed by atoms with van der Waals surface area (Å²) >= 11 is 0.939. The molecule has 1 aromatic heterocycles. The van der Waals surface area contributed by atoms with E-state index in [0.29, 0.717) is 16.4 Å². The molecule has 0 bridgehead atoms. The molecule has 0 fully saturated rings. The number of benzene rings is 1. The number of rotatable bonds is 4. The predicted octanol–water partition coefficient (Wildman–Crippen LogP) is 1.83. The lowest BCUT2D eigenvalue weighted by molar-refractivity contribution is 0.174. The number of sulfonamides is 1. The SMILES string of the molecule is N#Cc1ccc(S(=O)(=O)NCc2ccc3c(c2)OCO3)s1. The molecule has 0 unspecified atom stereocenters. The highest BCUT2D eigenvalue weighted by Gasteiger charge is 2.18. The minimum atomic E-state index is -3.62. The molecule has 0 amide bonds. The number of nitrogens with one attached hydrogen (secondary N) is 1. The number of ether oxygens (including phenoxy) is 2. The van der Waals surface area contributed by atoms with Gasteiger partial charge in [-0.05, 0) is 29.8 Å². The van der Waals surface area contributed by atoms with Gasteiger partial charge in [-0.25, -0.2) is 13.1 Å². The van der Waals surface area contributed by atoms with Crippen molar-refractivity contribution in [1.29, 1.82) is 5.26 Å². The zero-order chi connectivity index (χ0) is 14.9. The van der Waals surface area contributed by atoms with E-state index in [4.69, 9.17) is 14.7 Å². The minimum absolute atomic E-state index is 0.125. The summed E-state index contributed by atoms with van der Waals surface area (Å²) in [6.07, 6.45) is 0. The summed E-state index contributed by atoms with van der Waals surface area (Å²) in [5.41, 5.74) is 0.764. The standard InChI is InChI=1S/C13H10N2O4S2/c14-6-10-2-4-13(20-10)21(16,17)15-7-9-1-3-11-12(5-9)19-8-18-11/h1-5,15H,7-8H2. The maximum atomic E-state index is 12.1. The Morgan fingerprint density at radius 2 is 2.05 bits per heavy atom. The Bertz CT molecular complexity index is 821. The van der Waals surface area contributed by atoms with Crippen LogP contribution in [0.1, 0.15) is 10.4 Å². The third kappa shape index (κ3) is 2.85. The fourth-order valence-electron chi connectivity index (χ4n) is 1.83. The lowest BCUT2D eigenvalue weighted by atomic mass is 10.2. The summed E-state index contributed by atoms with van der Waals surface area (Å²) in [5.74, 6) is 1.26. The van der Waals surface area contributed by atoms with Gasteiger partial charge in [0.25, 0.3) is 0 Å². The topological polar surface area (TPSA) is 88.4 Å². The maximum absolute atomic E-state index is 12.1. The zero-order valence-electron chi connectivity index (χ0n) is 10.7. The van der Waals surface area contributed by atoms with Gasteiger partial charge >= 0.3 is 0 Å². The largest absolute Gasteiger partial charge is 0.454 e. The molecule has 0 atom stereocenters. The van der Waals surface area contributed by atoms with E-state index in [1.807, 2.05) is 6.07 Å². The van der Waals surface area contributed by atoms with Crippen LogP contribution in [0.2, 0.25) is 0 Å². The van der Waals surface area contributed by atoms with E-state index in [-0.39, 0.29) is 17.5 Å². The Kier molecular flexibility index (Phi) is 3.55. The van der Waals surface area contributed by atoms with Gasteiger partial charge in [0.1, 0.15) is 15.2 Å². The number of hydrogen-bond acceptors (Lipinski definition) is 6. The van der Waals surface area contributed by atoms with E-state index in [2.05, 4.69) is 4.72 Å². The molecular weight excluding hydrogens is 312 g/mol. The number of thiophene rings is 1. The monoisotopic (exact) mass is 322 g/mol. The molecule has 1 aromatic carbocycles. The first-order valence-electron chi connectivity index (χ1n) is 5.96. The number of nitrogens with zero attached hydrogens (tertiary/aromatic N) is 1. The zero-order valence-corrected chi connectivity index (χ0v) is 12.3. The Morgan fingerprint density at radius 3 is 2.81 bits per heavy atom. The van der Waals surface area contributed by atoms with Gasteiger partial charge in [0.15, 0.2) is 11.5 Å². The Balaban J connectivity index is 1.73. The second-order valence-corrected chi connectivity index (χ2v) is 7.32. The molecular formula is C13H10N2O4S2. The summed E-state index contributed by atoms with van der Waals surface area (Å²) < 4.78 is 37.3. The van der Waals surface area contributed by atoms with Crippen molar-refractivity contribution < 1.29 is 17.9 Å². The van der Waals surface area contributed by atoms with E-state index in [0.717, 1.165) is 16.9 Å². The van der Waals surface area contributed by atoms with Crippen LogP contribution in [-0.2, 0) is 16.6 Å². The highest BCUT2D eigenvalue weighted by molar-refractivity contribution is 7.91. The molecule has 1 aliphatic heterocycles. The molecule has 108 valence electrons. The normalized spacial score (nSPS) is 13.1. The third-order valence-electron chi connectivity index (χ3n) is 2.86. The van der Waals surface area contributed by atoms with E-state index >= 15 is 0 Å². The average molecular weight is 322 g/mol. The van der Waals surface area contributed by atoms with Crippen molar-refractivity contribution in [3.63, 3.8) is 0 Å². The van der Waals surface area contributed by atoms with E-state index in [1.54, 1.807) is 18.2 Å². The molecule has 0 saturated heterocycles. The molecule has 1 N–H and O–H groups in total. The molecule has 8 heteroatoms. The second-order valence-electron chi connectivity index (χ2n) is 4.24. The number of hydrogen-bond donors (Lipinski definition) is 1. The van der Waals surface area contributed by atoms with Crippen molar-refractivity contribution in [2.75, 3.05) is 6.79 Å². The Hall–Kier alpha value is -2.08. The van der Waals surface area contributed by atoms with Gasteiger partial charge in [0.2, 0.25) is 16.8 Å². The van der Waals surface area contributed by atoms with E-state index in [1.165, 1.54) is 12.1 Å². The smallest absolute Gasteiger partial charge is 0.250 e. The van der Waals surface area contributed by atoms with Gasteiger partial charge in [-0.3, -0.25) is 0 Å². The van der Waals surface area contributed by atoms with Crippen LogP contribution in [0, 0.1) is 11.3 Å². The van der Waals surface area contributed by atoms with Crippen molar-refractivity contribution in [2.45, 2.75) is 10.8 Å². The average Bonchev–Trinajstić information content (AvgIpc) is 3.13. The molecule has 6 nitrogen and oxygen atoms in total. The van der Waals surface area contributed by atoms with E-state index < -0.39 is 10.0 Å². The van der Waals surface area contributed by atoms with Crippen molar-refractivity contribution in [3.05, 3.63) is 40.8 Å². The molecule has 2 heterocycles. The molecule has 0 saturated carbocycles. The highest BCUT2D eigenvalue weighted by atomic mass is 32.2. The van der Waals surface area contributed by atoms with Gasteiger partial charge in [-0.2, -0.15) is 5.26 Å². The molecule has 0 radical (unpaired) electrons. The van der Waals surface area contributed by atoms with Crippen molar-refractivity contribution >= 4 is 21.4 Å². The lowest BCUT2D eigenvalue weighted by Crippen LogP contribution is -2.22. The van der Waals surface area contributed by atoms with Gasteiger partial charge in [0, 0.05) is 6.54 Å². The quantitative estimate of drug-likeness (QED) is 0.927. The Morgan fingerprint density at radius 1 is 1.24 bits per heavy atom. The summed E-state index contributed by atoms with van der Waals surface area (Å²) in [7, 11) is -3.62. The summed E-state index contributed by atoms with van der Waals surface area (Å²) in [5, 5.41) is 8.73.